The molecule has 0 aliphatic carbocycles. The van der Waals surface area contributed by atoms with Crippen LogP contribution in [-0.4, -0.2) is 10.1 Å². The SMILES string of the molecule is O/C(=C(\C(=S)Nc1ccccc1F)[n+]1ccccc1)c1ccccc1Br. The van der Waals surface area contributed by atoms with Gasteiger partial charge >= 0.3 is 0 Å². The summed E-state index contributed by atoms with van der Waals surface area (Å²) in [4.78, 5) is 0.194. The zero-order chi connectivity index (χ0) is 18.5. The van der Waals surface area contributed by atoms with Crippen LogP contribution in [0, 0.1) is 5.82 Å². The van der Waals surface area contributed by atoms with Gasteiger partial charge in [-0.1, -0.05) is 58.5 Å². The van der Waals surface area contributed by atoms with E-state index >= 15 is 0 Å². The van der Waals surface area contributed by atoms with Gasteiger partial charge in [0.1, 0.15) is 5.82 Å². The van der Waals surface area contributed by atoms with Gasteiger partial charge in [0, 0.05) is 22.2 Å². The summed E-state index contributed by atoms with van der Waals surface area (Å²) in [7, 11) is 0. The van der Waals surface area contributed by atoms with Crippen LogP contribution < -0.4 is 9.88 Å². The van der Waals surface area contributed by atoms with Crippen LogP contribution in [0.5, 0.6) is 0 Å². The fourth-order valence-electron chi connectivity index (χ4n) is 2.42. The van der Waals surface area contributed by atoms with Crippen LogP contribution in [0.3, 0.4) is 0 Å². The maximum Gasteiger partial charge on any atom is 0.288 e. The number of aromatic nitrogens is 1. The Morgan fingerprint density at radius 2 is 1.62 bits per heavy atom. The van der Waals surface area contributed by atoms with Gasteiger partial charge in [0.05, 0.1) is 5.69 Å². The molecule has 3 aromatic rings. The Labute approximate surface area is 164 Å². The predicted molar refractivity (Wildman–Crippen MR) is 109 cm³/mol. The summed E-state index contributed by atoms with van der Waals surface area (Å²) in [6.45, 7) is 0. The minimum Gasteiger partial charge on any atom is -0.502 e. The molecule has 0 bridgehead atoms. The molecule has 6 heteroatoms. The number of hydrogen-bond donors (Lipinski definition) is 2. The summed E-state index contributed by atoms with van der Waals surface area (Å²) in [6, 6.07) is 19.0. The first-order chi connectivity index (χ1) is 12.6. The van der Waals surface area contributed by atoms with Crippen LogP contribution in [0.4, 0.5) is 10.1 Å². The monoisotopic (exact) mass is 429 g/mol. The summed E-state index contributed by atoms with van der Waals surface area (Å²) in [5, 5.41) is 13.8. The highest BCUT2D eigenvalue weighted by Gasteiger charge is 2.25. The molecule has 0 aliphatic rings. The molecule has 0 saturated heterocycles. The molecule has 3 nitrogen and oxygen atoms in total. The third kappa shape index (κ3) is 3.98. The third-order valence-corrected chi connectivity index (χ3v) is 4.65. The molecule has 0 unspecified atom stereocenters. The van der Waals surface area contributed by atoms with E-state index in [-0.39, 0.29) is 16.4 Å². The van der Waals surface area contributed by atoms with Crippen molar-refractivity contribution in [3.05, 3.63) is 95.0 Å². The minimum absolute atomic E-state index is 0.0254. The molecule has 1 heterocycles. The number of thiocarbonyl (C=S) groups is 1. The number of para-hydroxylation sites is 1. The number of halogens is 2. The Bertz CT molecular complexity index is 976. The molecule has 130 valence electrons. The van der Waals surface area contributed by atoms with E-state index < -0.39 is 5.82 Å². The Balaban J connectivity index is 2.10. The van der Waals surface area contributed by atoms with Gasteiger partial charge in [0.2, 0.25) is 0 Å². The molecule has 0 amide bonds. The van der Waals surface area contributed by atoms with Gasteiger partial charge in [0.15, 0.2) is 23.1 Å². The number of nitrogens with one attached hydrogen (secondary N) is 1. The standard InChI is InChI=1S/C20H14BrFN2OS/c21-15-9-3-2-8-14(15)19(25)18(24-12-6-1-7-13-24)20(26)23-17-11-5-4-10-16(17)22/h1-13H,(H-,23,25,26)/p+1. The van der Waals surface area contributed by atoms with Crippen molar-refractivity contribution in [2.75, 3.05) is 5.32 Å². The zero-order valence-electron chi connectivity index (χ0n) is 13.6. The van der Waals surface area contributed by atoms with Crippen molar-refractivity contribution >= 4 is 50.3 Å². The van der Waals surface area contributed by atoms with E-state index in [1.165, 1.54) is 6.07 Å². The van der Waals surface area contributed by atoms with Crippen molar-refractivity contribution in [1.82, 2.24) is 0 Å². The third-order valence-electron chi connectivity index (χ3n) is 3.66. The molecular weight excluding hydrogens is 415 g/mol. The molecule has 1 aromatic heterocycles. The number of rotatable bonds is 4. The average molecular weight is 430 g/mol. The van der Waals surface area contributed by atoms with Crippen LogP contribution >= 0.6 is 28.1 Å². The molecule has 2 aromatic carbocycles. The topological polar surface area (TPSA) is 36.1 Å². The number of hydrogen-bond acceptors (Lipinski definition) is 2. The van der Waals surface area contributed by atoms with Gasteiger partial charge in [-0.15, -0.1) is 0 Å². The lowest BCUT2D eigenvalue weighted by molar-refractivity contribution is -0.575. The Kier molecular flexibility index (Phi) is 5.75. The lowest BCUT2D eigenvalue weighted by Crippen LogP contribution is -2.38. The first-order valence-electron chi connectivity index (χ1n) is 7.78. The second kappa shape index (κ2) is 8.21. The van der Waals surface area contributed by atoms with E-state index in [9.17, 15) is 9.50 Å². The van der Waals surface area contributed by atoms with Gasteiger partial charge in [-0.05, 0) is 24.3 Å². The number of aliphatic hydroxyl groups excluding tert-OH is 1. The fraction of sp³-hybridized carbons (Fsp3) is 0. The van der Waals surface area contributed by atoms with Gasteiger partial charge in [-0.25, -0.2) is 4.39 Å². The van der Waals surface area contributed by atoms with Crippen molar-refractivity contribution in [1.29, 1.82) is 0 Å². The quantitative estimate of drug-likeness (QED) is 0.259. The molecule has 2 N–H and O–H groups in total. The van der Waals surface area contributed by atoms with Crippen molar-refractivity contribution in [2.24, 2.45) is 0 Å². The highest BCUT2D eigenvalue weighted by atomic mass is 79.9. The van der Waals surface area contributed by atoms with Gasteiger partial charge in [0.25, 0.3) is 5.70 Å². The first-order valence-corrected chi connectivity index (χ1v) is 8.98. The van der Waals surface area contributed by atoms with Crippen molar-refractivity contribution in [3.8, 4) is 0 Å². The lowest BCUT2D eigenvalue weighted by Gasteiger charge is -2.11. The average Bonchev–Trinajstić information content (AvgIpc) is 2.65. The summed E-state index contributed by atoms with van der Waals surface area (Å²) in [6.07, 6.45) is 3.52. The normalized spacial score (nSPS) is 11.6. The van der Waals surface area contributed by atoms with E-state index in [0.717, 1.165) is 4.47 Å². The molecule has 26 heavy (non-hydrogen) atoms. The van der Waals surface area contributed by atoms with E-state index in [2.05, 4.69) is 21.2 Å². The second-order valence-corrected chi connectivity index (χ2v) is 6.66. The van der Waals surface area contributed by atoms with E-state index in [1.54, 1.807) is 41.2 Å². The number of aliphatic hydroxyl groups is 1. The Morgan fingerprint density at radius 3 is 2.31 bits per heavy atom. The molecule has 3 rings (SSSR count). The largest absolute Gasteiger partial charge is 0.502 e. The minimum atomic E-state index is -0.423. The fourth-order valence-corrected chi connectivity index (χ4v) is 3.20. The highest BCUT2D eigenvalue weighted by Crippen LogP contribution is 2.26. The van der Waals surface area contributed by atoms with Crippen molar-refractivity contribution in [3.63, 3.8) is 0 Å². The Morgan fingerprint density at radius 1 is 0.962 bits per heavy atom. The smallest absolute Gasteiger partial charge is 0.288 e. The maximum atomic E-state index is 14.0. The molecule has 0 fully saturated rings. The van der Waals surface area contributed by atoms with Crippen molar-refractivity contribution in [2.45, 2.75) is 0 Å². The summed E-state index contributed by atoms with van der Waals surface area (Å²) >= 11 is 8.93. The molecule has 0 atom stereocenters. The maximum absolute atomic E-state index is 14.0. The second-order valence-electron chi connectivity index (χ2n) is 5.39. The molecule has 0 aliphatic heterocycles. The Hall–Kier alpha value is -2.57. The van der Waals surface area contributed by atoms with Crippen LogP contribution in [-0.2, 0) is 0 Å². The van der Waals surface area contributed by atoms with Crippen LogP contribution in [0.1, 0.15) is 5.56 Å². The van der Waals surface area contributed by atoms with E-state index in [1.807, 2.05) is 36.4 Å². The number of anilines is 1. The van der Waals surface area contributed by atoms with Crippen LogP contribution in [0.2, 0.25) is 0 Å². The lowest BCUT2D eigenvalue weighted by atomic mass is 10.1. The zero-order valence-corrected chi connectivity index (χ0v) is 16.0. The highest BCUT2D eigenvalue weighted by molar-refractivity contribution is 9.10. The van der Waals surface area contributed by atoms with Gasteiger partial charge < -0.3 is 10.4 Å². The number of nitrogens with zero attached hydrogens (tertiary/aromatic N) is 1. The molecular formula is C20H15BrFN2OS+. The van der Waals surface area contributed by atoms with E-state index in [4.69, 9.17) is 12.2 Å². The number of benzene rings is 2. The van der Waals surface area contributed by atoms with Gasteiger partial charge in [-0.3, -0.25) is 0 Å². The molecule has 0 spiro atoms. The summed E-state index contributed by atoms with van der Waals surface area (Å²) < 4.78 is 16.4. The van der Waals surface area contributed by atoms with Crippen LogP contribution in [0.15, 0.2) is 83.6 Å². The van der Waals surface area contributed by atoms with Crippen LogP contribution in [0.25, 0.3) is 11.5 Å². The number of pyridine rings is 1. The van der Waals surface area contributed by atoms with E-state index in [0.29, 0.717) is 11.3 Å². The summed E-state index contributed by atoms with van der Waals surface area (Å²) in [5.41, 5.74) is 1.17. The molecule has 0 saturated carbocycles. The predicted octanol–water partition coefficient (Wildman–Crippen LogP) is 5.20. The summed E-state index contributed by atoms with van der Waals surface area (Å²) in [5.74, 6) is -0.449. The first kappa shape index (κ1) is 18.2. The van der Waals surface area contributed by atoms with Gasteiger partial charge in [-0.2, -0.15) is 4.57 Å². The van der Waals surface area contributed by atoms with Crippen molar-refractivity contribution < 1.29 is 14.1 Å². The molecule has 0 radical (unpaired) electrons.